The van der Waals surface area contributed by atoms with Crippen molar-refractivity contribution in [1.82, 2.24) is 27.9 Å². The molecule has 2 heterocycles. The number of benzene rings is 6. The molecule has 0 aliphatic carbocycles. The molecular formula is C60H84N6O2P6S6. The van der Waals surface area contributed by atoms with E-state index in [2.05, 4.69) is 274 Å². The molecular weight excluding hydrogens is 1210 g/mol. The summed E-state index contributed by atoms with van der Waals surface area (Å²) in [5.41, 5.74) is -1.61. The molecule has 0 spiro atoms. The molecule has 2 aliphatic rings. The van der Waals surface area contributed by atoms with Gasteiger partial charge in [-0.2, -0.15) is 17.8 Å². The van der Waals surface area contributed by atoms with Gasteiger partial charge in [0.1, 0.15) is 11.5 Å². The number of rotatable bonds is 12. The third-order valence-electron chi connectivity index (χ3n) is 12.7. The average Bonchev–Trinajstić information content (AvgIpc) is 3.31. The van der Waals surface area contributed by atoms with Gasteiger partial charge in [-0.25, -0.2) is 0 Å². The maximum absolute atomic E-state index is 7.21. The number of nitrogens with one attached hydrogen (secondary N) is 2. The minimum absolute atomic E-state index is 0.192. The van der Waals surface area contributed by atoms with Crippen LogP contribution in [-0.2, 0) is 70.8 Å². The lowest BCUT2D eigenvalue weighted by atomic mass is 10.1. The first kappa shape index (κ1) is 66.1. The van der Waals surface area contributed by atoms with Gasteiger partial charge in [0.2, 0.25) is 0 Å². The fourth-order valence-electron chi connectivity index (χ4n) is 10.5. The van der Waals surface area contributed by atoms with Gasteiger partial charge in [0.15, 0.2) is 13.0 Å². The van der Waals surface area contributed by atoms with Gasteiger partial charge in [-0.05, 0) is 217 Å². The first-order chi connectivity index (χ1) is 36.7. The van der Waals surface area contributed by atoms with Crippen LogP contribution in [0, 0.1) is 0 Å². The second kappa shape index (κ2) is 23.7. The second-order valence-corrected chi connectivity index (χ2v) is 50.4. The van der Waals surface area contributed by atoms with Gasteiger partial charge in [0.25, 0.3) is 13.1 Å². The van der Waals surface area contributed by atoms with Gasteiger partial charge in [-0.15, -0.1) is 0 Å². The summed E-state index contributed by atoms with van der Waals surface area (Å²) < 4.78 is 23.7. The van der Waals surface area contributed by atoms with Crippen molar-refractivity contribution in [2.75, 3.05) is 0 Å². The van der Waals surface area contributed by atoms with Gasteiger partial charge in [0.05, 0.1) is 0 Å². The van der Waals surface area contributed by atoms with Gasteiger partial charge < -0.3 is 9.05 Å². The molecule has 2 N–H and O–H groups in total. The Morgan fingerprint density at radius 2 is 0.525 bits per heavy atom. The van der Waals surface area contributed by atoms with E-state index in [0.29, 0.717) is 0 Å². The van der Waals surface area contributed by atoms with E-state index in [4.69, 9.17) is 79.9 Å². The predicted molar refractivity (Wildman–Crippen MR) is 376 cm³/mol. The lowest BCUT2D eigenvalue weighted by Gasteiger charge is -2.68. The highest BCUT2D eigenvalue weighted by atomic mass is 32.5. The Bertz CT molecular complexity index is 3100. The van der Waals surface area contributed by atoms with Crippen molar-refractivity contribution in [3.63, 3.8) is 0 Å². The number of hydrogen-bond acceptors (Lipinski definition) is 8. The van der Waals surface area contributed by atoms with Crippen LogP contribution in [0.1, 0.15) is 125 Å². The molecule has 2 saturated heterocycles. The predicted octanol–water partition coefficient (Wildman–Crippen LogP) is 15.7. The molecule has 0 amide bonds. The summed E-state index contributed by atoms with van der Waals surface area (Å²) >= 11 is 39.8. The number of para-hydroxylation sites is 2. The number of nitrogens with zero attached hydrogens (tertiary/aromatic N) is 4. The largest absolute Gasteiger partial charge is 0.440 e. The van der Waals surface area contributed by atoms with Crippen LogP contribution in [0.5, 0.6) is 11.5 Å². The highest BCUT2D eigenvalue weighted by Gasteiger charge is 2.69. The molecule has 8 nitrogen and oxygen atoms in total. The van der Waals surface area contributed by atoms with E-state index < -0.39 is 38.2 Å². The molecule has 20 heteroatoms. The molecule has 6 aromatic rings. The second-order valence-electron chi connectivity index (χ2n) is 26.3. The lowest BCUT2D eigenvalue weighted by Crippen LogP contribution is -2.62. The summed E-state index contributed by atoms with van der Waals surface area (Å²) in [5.74, 6) is 1.50. The van der Waals surface area contributed by atoms with E-state index in [1.54, 1.807) is 0 Å². The Hall–Kier alpha value is -1.42. The molecule has 0 aromatic heterocycles. The van der Waals surface area contributed by atoms with E-state index in [9.17, 15) is 0 Å². The van der Waals surface area contributed by atoms with E-state index >= 15 is 0 Å². The molecule has 0 atom stereocenters. The molecule has 6 aromatic carbocycles. The van der Waals surface area contributed by atoms with Crippen LogP contribution in [0.4, 0.5) is 0 Å². The zero-order valence-corrected chi connectivity index (χ0v) is 60.2. The molecule has 432 valence electrons. The first-order valence-electron chi connectivity index (χ1n) is 26.9. The summed E-state index contributed by atoms with van der Waals surface area (Å²) in [4.78, 5) is 0. The normalized spacial score (nSPS) is 23.0. The minimum Gasteiger partial charge on any atom is -0.440 e. The Balaban J connectivity index is 0.000000231. The van der Waals surface area contributed by atoms with E-state index in [1.165, 1.54) is 0 Å². The summed E-state index contributed by atoms with van der Waals surface area (Å²) in [5, 5.41) is 14.2. The smallest absolute Gasteiger partial charge is 0.266 e. The molecule has 80 heavy (non-hydrogen) atoms. The fraction of sp³-hybridized carbons (Fsp3) is 0.400. The Labute approximate surface area is 512 Å². The van der Waals surface area contributed by atoms with Crippen LogP contribution < -0.4 is 51.0 Å². The zero-order valence-electron chi connectivity index (χ0n) is 49.9. The van der Waals surface area contributed by atoms with Gasteiger partial charge in [-0.1, -0.05) is 169 Å². The van der Waals surface area contributed by atoms with Crippen molar-refractivity contribution >= 4 is 141 Å². The van der Waals surface area contributed by atoms with Crippen molar-refractivity contribution in [2.45, 2.75) is 158 Å². The summed E-state index contributed by atoms with van der Waals surface area (Å²) in [6.07, 6.45) is 0. The van der Waals surface area contributed by atoms with Gasteiger partial charge in [-0.3, -0.25) is 10.2 Å². The fourth-order valence-corrected chi connectivity index (χ4v) is 52.5. The van der Waals surface area contributed by atoms with Crippen molar-refractivity contribution in [2.24, 2.45) is 0 Å². The van der Waals surface area contributed by atoms with Crippen LogP contribution in [0.25, 0.3) is 0 Å². The van der Waals surface area contributed by atoms with Crippen molar-refractivity contribution < 1.29 is 9.05 Å². The molecule has 2 aliphatic heterocycles. The van der Waals surface area contributed by atoms with Crippen LogP contribution >= 0.6 is 38.2 Å². The molecule has 8 rings (SSSR count). The average molecular weight is 1300 g/mol. The lowest BCUT2D eigenvalue weighted by molar-refractivity contribution is 0.237. The molecule has 0 bridgehead atoms. The third-order valence-corrected chi connectivity index (χ3v) is 48.0. The topological polar surface area (TPSA) is 55.5 Å². The third kappa shape index (κ3) is 13.1. The molecule has 0 saturated carbocycles. The van der Waals surface area contributed by atoms with Crippen LogP contribution in [0.3, 0.4) is 0 Å². The Kier molecular flexibility index (Phi) is 19.6. The van der Waals surface area contributed by atoms with E-state index in [0.717, 1.165) is 43.3 Å². The van der Waals surface area contributed by atoms with Crippen molar-refractivity contribution in [3.8, 4) is 11.5 Å². The Morgan fingerprint density at radius 3 is 0.725 bits per heavy atom. The molecule has 2 fully saturated rings. The summed E-state index contributed by atoms with van der Waals surface area (Å²) in [6.45, 7) is 28.7. The van der Waals surface area contributed by atoms with Gasteiger partial charge >= 0.3 is 0 Å². The number of hydrogen-bond donors (Lipinski definition) is 2. The van der Waals surface area contributed by atoms with Crippen molar-refractivity contribution in [3.05, 3.63) is 170 Å². The van der Waals surface area contributed by atoms with E-state index in [1.807, 2.05) is 48.5 Å². The maximum Gasteiger partial charge on any atom is 0.266 e. The summed E-state index contributed by atoms with van der Waals surface area (Å²) in [6, 6.07) is 53.3. The highest BCUT2D eigenvalue weighted by molar-refractivity contribution is 8.29. The van der Waals surface area contributed by atoms with Crippen LogP contribution in [-0.4, -0.2) is 51.0 Å². The quantitative estimate of drug-likeness (QED) is 0.114. The first-order valence-corrected chi connectivity index (χ1v) is 43.2. The highest BCUT2D eigenvalue weighted by Crippen LogP contribution is 2.90. The zero-order chi connectivity index (χ0) is 59.6. The minimum atomic E-state index is -2.81. The maximum atomic E-state index is 7.21. The standard InChI is InChI=1S/2C30H42N3OP3S3/c2*1-28(2,3)31-36(39)32(29(4,5)6)37(40,33(36)30(7,8)9)34-26-22-16-17-23-27(26)35(38,24-18-12-10-13-19-24)25-20-14-11-15-21-25/h2*10-23H,1-9H3,(H,31,39). The SMILES string of the molecule is CC(C)(C)NP1(=S)N(C(C)(C)C)P(=S)(Oc2ccccc2P(=S)(c2ccccc2)c2ccccc2)N1C(C)(C)C.CC(C)(C)NP1(=S)N(C(C)(C)C)P(=S)(Oc2ccccc2P(=S)(c2ccccc2)c2ccccc2)N1C(C)(C)C. The molecule has 0 radical (unpaired) electrons. The van der Waals surface area contributed by atoms with E-state index in [-0.39, 0.29) is 33.2 Å². The molecule has 0 unspecified atom stereocenters. The van der Waals surface area contributed by atoms with Gasteiger partial charge in [0, 0.05) is 55.9 Å². The Morgan fingerprint density at radius 1 is 0.325 bits per heavy atom. The van der Waals surface area contributed by atoms with Crippen LogP contribution in [0.15, 0.2) is 170 Å². The monoisotopic (exact) mass is 1300 g/mol. The summed E-state index contributed by atoms with van der Waals surface area (Å²) in [7, 11) is 0. The van der Waals surface area contributed by atoms with Crippen LogP contribution in [0.2, 0.25) is 0 Å². The van der Waals surface area contributed by atoms with Crippen molar-refractivity contribution in [1.29, 1.82) is 0 Å².